The number of hydrogen-bond donors (Lipinski definition) is 1. The predicted molar refractivity (Wildman–Crippen MR) is 73.4 cm³/mol. The van der Waals surface area contributed by atoms with Gasteiger partial charge in [-0.25, -0.2) is 10.9 Å². The van der Waals surface area contributed by atoms with Gasteiger partial charge in [0.15, 0.2) is 0 Å². The molecule has 3 nitrogen and oxygen atoms in total. The molecule has 2 aromatic carbocycles. The fraction of sp³-hybridized carbons (Fsp3) is 0.133. The Kier molecular flexibility index (Phi) is 3.44. The fourth-order valence-corrected chi connectivity index (χ4v) is 1.80. The maximum absolute atomic E-state index is 12.3. The molecule has 3 heteroatoms. The van der Waals surface area contributed by atoms with E-state index >= 15 is 0 Å². The smallest absolute Gasteiger partial charge is 0.267 e. The van der Waals surface area contributed by atoms with Gasteiger partial charge in [0.25, 0.3) is 5.91 Å². The molecule has 0 aliphatic heterocycles. The number of benzene rings is 2. The highest BCUT2D eigenvalue weighted by Gasteiger charge is 2.16. The first kappa shape index (κ1) is 12.3. The monoisotopic (exact) mass is 240 g/mol. The van der Waals surface area contributed by atoms with Crippen LogP contribution in [0.2, 0.25) is 0 Å². The van der Waals surface area contributed by atoms with E-state index in [1.807, 2.05) is 62.4 Å². The minimum Gasteiger partial charge on any atom is -0.267 e. The molecule has 0 heterocycles. The van der Waals surface area contributed by atoms with Crippen LogP contribution in [0.15, 0.2) is 48.5 Å². The molecule has 2 N–H and O–H groups in total. The summed E-state index contributed by atoms with van der Waals surface area (Å²) in [5.74, 6) is 5.68. The molecule has 2 aromatic rings. The molecule has 92 valence electrons. The van der Waals surface area contributed by atoms with Gasteiger partial charge >= 0.3 is 0 Å². The number of nitrogens with two attached hydrogens (primary N) is 1. The number of hydrazine groups is 1. The number of aryl methyl sites for hydroxylation is 2. The quantitative estimate of drug-likeness (QED) is 0.498. The average molecular weight is 240 g/mol. The molecular formula is C15H16N2O. The molecule has 0 saturated carbocycles. The summed E-state index contributed by atoms with van der Waals surface area (Å²) < 4.78 is 0. The van der Waals surface area contributed by atoms with E-state index in [1.165, 1.54) is 5.01 Å². The number of para-hydroxylation sites is 1. The molecule has 0 aliphatic rings. The summed E-state index contributed by atoms with van der Waals surface area (Å²) >= 11 is 0. The van der Waals surface area contributed by atoms with E-state index in [0.717, 1.165) is 11.1 Å². The Labute approximate surface area is 107 Å². The van der Waals surface area contributed by atoms with Crippen LogP contribution in [0.25, 0.3) is 0 Å². The maximum Gasteiger partial charge on any atom is 0.272 e. The van der Waals surface area contributed by atoms with Crippen molar-refractivity contribution in [3.05, 3.63) is 65.2 Å². The third-order valence-electron chi connectivity index (χ3n) is 2.88. The van der Waals surface area contributed by atoms with Crippen LogP contribution < -0.4 is 10.9 Å². The first-order valence-electron chi connectivity index (χ1n) is 5.81. The number of carbonyl (C=O) groups is 1. The molecule has 0 aliphatic carbocycles. The minimum absolute atomic E-state index is 0.192. The van der Waals surface area contributed by atoms with Crippen molar-refractivity contribution in [3.63, 3.8) is 0 Å². The van der Waals surface area contributed by atoms with Crippen LogP contribution in [-0.2, 0) is 0 Å². The minimum atomic E-state index is -0.192. The number of rotatable bonds is 2. The van der Waals surface area contributed by atoms with Crippen molar-refractivity contribution in [2.24, 2.45) is 5.84 Å². The van der Waals surface area contributed by atoms with Gasteiger partial charge in [0.2, 0.25) is 0 Å². The number of hydrogen-bond acceptors (Lipinski definition) is 2. The summed E-state index contributed by atoms with van der Waals surface area (Å²) in [4.78, 5) is 12.3. The Morgan fingerprint density at radius 1 is 1.06 bits per heavy atom. The van der Waals surface area contributed by atoms with Crippen molar-refractivity contribution in [2.75, 3.05) is 5.01 Å². The first-order valence-corrected chi connectivity index (χ1v) is 5.81. The zero-order chi connectivity index (χ0) is 13.1. The van der Waals surface area contributed by atoms with Gasteiger partial charge in [-0.05, 0) is 37.6 Å². The van der Waals surface area contributed by atoms with E-state index in [0.29, 0.717) is 11.3 Å². The highest BCUT2D eigenvalue weighted by atomic mass is 16.2. The Morgan fingerprint density at radius 2 is 1.72 bits per heavy atom. The van der Waals surface area contributed by atoms with E-state index in [9.17, 15) is 4.79 Å². The van der Waals surface area contributed by atoms with Crippen LogP contribution in [0.5, 0.6) is 0 Å². The van der Waals surface area contributed by atoms with E-state index in [-0.39, 0.29) is 5.91 Å². The van der Waals surface area contributed by atoms with Crippen molar-refractivity contribution in [2.45, 2.75) is 13.8 Å². The Balaban J connectivity index is 2.34. The summed E-state index contributed by atoms with van der Waals surface area (Å²) in [6.07, 6.45) is 0. The lowest BCUT2D eigenvalue weighted by Gasteiger charge is -2.18. The first-order chi connectivity index (χ1) is 8.59. The Morgan fingerprint density at radius 3 is 2.39 bits per heavy atom. The zero-order valence-electron chi connectivity index (χ0n) is 10.6. The molecule has 0 saturated heterocycles. The second-order valence-corrected chi connectivity index (χ2v) is 4.33. The molecule has 0 spiro atoms. The average Bonchev–Trinajstić information content (AvgIpc) is 2.41. The van der Waals surface area contributed by atoms with E-state index in [2.05, 4.69) is 0 Å². The van der Waals surface area contributed by atoms with Gasteiger partial charge in [0.05, 0.1) is 5.69 Å². The molecule has 18 heavy (non-hydrogen) atoms. The van der Waals surface area contributed by atoms with Gasteiger partial charge in [-0.1, -0.05) is 35.9 Å². The lowest BCUT2D eigenvalue weighted by molar-refractivity contribution is 0.0986. The largest absolute Gasteiger partial charge is 0.272 e. The standard InChI is InChI=1S/C15H16N2O/c1-11-8-9-12(2)14(10-11)15(18)17(16)13-6-4-3-5-7-13/h3-10H,16H2,1-2H3. The second kappa shape index (κ2) is 5.02. The molecule has 2 rings (SSSR count). The van der Waals surface area contributed by atoms with Gasteiger partial charge in [-0.3, -0.25) is 4.79 Å². The zero-order valence-corrected chi connectivity index (χ0v) is 10.6. The number of amides is 1. The number of nitrogens with zero attached hydrogens (tertiary/aromatic N) is 1. The molecular weight excluding hydrogens is 224 g/mol. The normalized spacial score (nSPS) is 10.2. The van der Waals surface area contributed by atoms with Crippen molar-refractivity contribution >= 4 is 11.6 Å². The van der Waals surface area contributed by atoms with E-state index in [4.69, 9.17) is 5.84 Å². The third-order valence-corrected chi connectivity index (χ3v) is 2.88. The maximum atomic E-state index is 12.3. The van der Waals surface area contributed by atoms with Crippen LogP contribution in [0.1, 0.15) is 21.5 Å². The molecule has 0 bridgehead atoms. The third kappa shape index (κ3) is 2.41. The SMILES string of the molecule is Cc1ccc(C)c(C(=O)N(N)c2ccccc2)c1. The van der Waals surface area contributed by atoms with Gasteiger partial charge in [-0.2, -0.15) is 0 Å². The van der Waals surface area contributed by atoms with Gasteiger partial charge in [-0.15, -0.1) is 0 Å². The fourth-order valence-electron chi connectivity index (χ4n) is 1.80. The van der Waals surface area contributed by atoms with E-state index < -0.39 is 0 Å². The van der Waals surface area contributed by atoms with Crippen molar-refractivity contribution < 1.29 is 4.79 Å². The predicted octanol–water partition coefficient (Wildman–Crippen LogP) is 2.82. The highest BCUT2D eigenvalue weighted by Crippen LogP contribution is 2.16. The molecule has 0 fully saturated rings. The summed E-state index contributed by atoms with van der Waals surface area (Å²) in [7, 11) is 0. The highest BCUT2D eigenvalue weighted by molar-refractivity contribution is 6.06. The lowest BCUT2D eigenvalue weighted by atomic mass is 10.0. The Hall–Kier alpha value is -2.13. The van der Waals surface area contributed by atoms with Crippen molar-refractivity contribution in [1.82, 2.24) is 0 Å². The van der Waals surface area contributed by atoms with Crippen LogP contribution in [0, 0.1) is 13.8 Å². The molecule has 0 radical (unpaired) electrons. The molecule has 0 unspecified atom stereocenters. The van der Waals surface area contributed by atoms with Crippen molar-refractivity contribution in [3.8, 4) is 0 Å². The van der Waals surface area contributed by atoms with Crippen LogP contribution in [-0.4, -0.2) is 5.91 Å². The van der Waals surface area contributed by atoms with Gasteiger partial charge < -0.3 is 0 Å². The molecule has 0 aromatic heterocycles. The summed E-state index contributed by atoms with van der Waals surface area (Å²) in [6.45, 7) is 3.87. The summed E-state index contributed by atoms with van der Waals surface area (Å²) in [5.41, 5.74) is 3.30. The van der Waals surface area contributed by atoms with Crippen LogP contribution in [0.3, 0.4) is 0 Å². The van der Waals surface area contributed by atoms with Gasteiger partial charge in [0, 0.05) is 5.56 Å². The Bertz CT molecular complexity index is 564. The number of carbonyl (C=O) groups excluding carboxylic acids is 1. The van der Waals surface area contributed by atoms with E-state index in [1.54, 1.807) is 0 Å². The van der Waals surface area contributed by atoms with Crippen molar-refractivity contribution in [1.29, 1.82) is 0 Å². The van der Waals surface area contributed by atoms with Gasteiger partial charge in [0.1, 0.15) is 0 Å². The van der Waals surface area contributed by atoms with Crippen LogP contribution >= 0.6 is 0 Å². The molecule has 0 atom stereocenters. The summed E-state index contributed by atoms with van der Waals surface area (Å²) in [6, 6.07) is 15.0. The topological polar surface area (TPSA) is 46.3 Å². The molecule has 1 amide bonds. The van der Waals surface area contributed by atoms with Crippen LogP contribution in [0.4, 0.5) is 5.69 Å². The summed E-state index contributed by atoms with van der Waals surface area (Å²) in [5, 5.41) is 1.18. The second-order valence-electron chi connectivity index (χ2n) is 4.33. The number of anilines is 1. The lowest BCUT2D eigenvalue weighted by Crippen LogP contribution is -2.37.